The third-order valence-electron chi connectivity index (χ3n) is 12.9. The Balaban J connectivity index is 0.0000224. The highest BCUT2D eigenvalue weighted by molar-refractivity contribution is 8.00. The van der Waals surface area contributed by atoms with Gasteiger partial charge in [0.25, 0.3) is 7.82 Å². The van der Waals surface area contributed by atoms with Gasteiger partial charge in [0, 0.05) is 36.8 Å². The Hall–Kier alpha value is -1.90. The first-order valence-electron chi connectivity index (χ1n) is 27.0. The number of fused-ring (bicyclic) bond motifs is 1. The molecule has 2 aliphatic rings. The maximum Gasteiger partial charge on any atom is 0.315 e. The van der Waals surface area contributed by atoms with Gasteiger partial charge in [-0.15, -0.1) is 0 Å². The van der Waals surface area contributed by atoms with Crippen LogP contribution < -0.4 is 27.0 Å². The first-order valence-corrected chi connectivity index (χ1v) is 29.5. The lowest BCUT2D eigenvalue weighted by atomic mass is 10.0. The minimum atomic E-state index is -4.82. The molecule has 0 aromatic rings. The van der Waals surface area contributed by atoms with Crippen molar-refractivity contribution in [1.29, 1.82) is 0 Å². The second-order valence-corrected chi connectivity index (χ2v) is 21.7. The molecule has 0 aromatic carbocycles. The lowest BCUT2D eigenvalue weighted by Gasteiger charge is -2.25. The van der Waals surface area contributed by atoms with Crippen molar-refractivity contribution < 1.29 is 47.2 Å². The monoisotopic (exact) mass is 991 g/mol. The molecule has 14 nitrogen and oxygen atoms in total. The largest absolute Gasteiger partial charge is 0.756 e. The molecule has 0 aromatic heterocycles. The molecule has 2 heterocycles. The minimum absolute atomic E-state index is 0. The Morgan fingerprint density at radius 3 is 1.57 bits per heavy atom. The molecule has 16 heteroatoms. The second kappa shape index (κ2) is 42.9. The number of esters is 2. The van der Waals surface area contributed by atoms with Crippen molar-refractivity contribution in [2.75, 3.05) is 32.1 Å². The predicted molar refractivity (Wildman–Crippen MR) is 272 cm³/mol. The quantitative estimate of drug-likeness (QED) is 0.0194. The normalized spacial score (nSPS) is 17.8. The van der Waals surface area contributed by atoms with Gasteiger partial charge < -0.3 is 45.5 Å². The Bertz CT molecular complexity index is 1300. The van der Waals surface area contributed by atoms with Crippen molar-refractivity contribution in [3.05, 3.63) is 0 Å². The number of unbranched alkanes of at least 4 members (excludes halogenated alkanes) is 29. The van der Waals surface area contributed by atoms with Gasteiger partial charge in [-0.1, -0.05) is 200 Å². The van der Waals surface area contributed by atoms with Crippen molar-refractivity contribution >= 4 is 43.5 Å². The van der Waals surface area contributed by atoms with E-state index >= 15 is 0 Å². The van der Waals surface area contributed by atoms with Crippen molar-refractivity contribution in [2.45, 2.75) is 268 Å². The van der Waals surface area contributed by atoms with Crippen LogP contribution >= 0.6 is 19.6 Å². The van der Waals surface area contributed by atoms with Crippen molar-refractivity contribution in [3.8, 4) is 0 Å². The summed E-state index contributed by atoms with van der Waals surface area (Å²) in [5.41, 5.74) is 0. The van der Waals surface area contributed by atoms with Crippen LogP contribution in [0.4, 0.5) is 4.79 Å². The zero-order valence-electron chi connectivity index (χ0n) is 42.7. The van der Waals surface area contributed by atoms with Crippen LogP contribution in [0.3, 0.4) is 0 Å². The number of amides is 3. The highest BCUT2D eigenvalue weighted by Crippen LogP contribution is 2.38. The number of hydrogen-bond donors (Lipinski definition) is 4. The van der Waals surface area contributed by atoms with E-state index in [9.17, 15) is 28.6 Å². The van der Waals surface area contributed by atoms with E-state index in [-0.39, 0.29) is 62.8 Å². The summed E-state index contributed by atoms with van der Waals surface area (Å²) in [4.78, 5) is 62.0. The Morgan fingerprint density at radius 1 is 0.627 bits per heavy atom. The third-order valence-corrected chi connectivity index (χ3v) is 15.3. The van der Waals surface area contributed by atoms with Crippen molar-refractivity contribution in [1.82, 2.24) is 22.1 Å². The number of hydrogen-bond acceptors (Lipinski definition) is 11. The molecular formula is C51H99N4O10PS. The number of thioether (sulfide) groups is 1. The summed E-state index contributed by atoms with van der Waals surface area (Å²) in [6.07, 6.45) is 38.7. The fraction of sp³-hybridized carbons (Fsp3) is 0.922. The van der Waals surface area contributed by atoms with Gasteiger partial charge in [0.1, 0.15) is 6.61 Å². The predicted octanol–water partition coefficient (Wildman–Crippen LogP) is 12.7. The highest BCUT2D eigenvalue weighted by atomic mass is 32.2. The lowest BCUT2D eigenvalue weighted by Crippen LogP contribution is -2.36. The van der Waals surface area contributed by atoms with Gasteiger partial charge in [0.05, 0.1) is 25.3 Å². The molecule has 0 bridgehead atoms. The Kier molecular flexibility index (Phi) is 40.4. The average molecular weight is 991 g/mol. The van der Waals surface area contributed by atoms with Crippen LogP contribution in [0.5, 0.6) is 0 Å². The molecule has 3 amide bonds. The summed E-state index contributed by atoms with van der Waals surface area (Å²) in [6, 6.07) is 0.186. The van der Waals surface area contributed by atoms with E-state index in [4.69, 9.17) is 18.5 Å². The molecule has 0 radical (unpaired) electrons. The second-order valence-electron chi connectivity index (χ2n) is 19.0. The maximum atomic E-state index is 12.8. The number of carbonyl (C=O) groups excluding carboxylic acids is 4. The number of nitrogens with one attached hydrogen (secondary N) is 3. The Morgan fingerprint density at radius 2 is 1.07 bits per heavy atom. The number of quaternary nitrogens is 1. The maximum absolute atomic E-state index is 12.8. The molecule has 394 valence electrons. The zero-order chi connectivity index (χ0) is 47.8. The van der Waals surface area contributed by atoms with Crippen LogP contribution in [-0.2, 0) is 37.5 Å². The summed E-state index contributed by atoms with van der Waals surface area (Å²) < 4.78 is 33.7. The van der Waals surface area contributed by atoms with Crippen LogP contribution in [0, 0.1) is 0 Å². The number of urea groups is 1. The molecular weight excluding hydrogens is 892 g/mol. The SMILES string of the molecule is CCCCCCCCCCCCCCCCCC(=O)OC[C@H](COP(=O)([O-])OCCNC(=O)CCCC[C@@H]1SC[C@@H]2NC(=O)N[C@@H]21)OC(=O)CCCCCCCCCCCCCCCCC.[NH4+]. The summed E-state index contributed by atoms with van der Waals surface area (Å²) >= 11 is 1.84. The number of ether oxygens (including phenoxy) is 2. The number of carbonyl (C=O) groups is 4. The van der Waals surface area contributed by atoms with Gasteiger partial charge in [-0.2, -0.15) is 11.8 Å². The molecule has 2 saturated heterocycles. The Labute approximate surface area is 411 Å². The summed E-state index contributed by atoms with van der Waals surface area (Å²) in [7, 11) is -4.82. The minimum Gasteiger partial charge on any atom is -0.756 e. The van der Waals surface area contributed by atoms with E-state index in [1.807, 2.05) is 11.8 Å². The average Bonchev–Trinajstić information content (AvgIpc) is 3.86. The molecule has 1 unspecified atom stereocenters. The first kappa shape index (κ1) is 63.1. The molecule has 2 fully saturated rings. The van der Waals surface area contributed by atoms with Crippen LogP contribution in [0.15, 0.2) is 0 Å². The number of phosphoric acid groups is 1. The third kappa shape index (κ3) is 35.8. The molecule has 2 rings (SSSR count). The summed E-state index contributed by atoms with van der Waals surface area (Å²) in [6.45, 7) is 3.30. The molecule has 2 aliphatic heterocycles. The molecule has 7 N–H and O–H groups in total. The standard InChI is InChI=1S/C51H96N3O10PS.H3N/c1-3-5-7-9-11-13-15-17-19-21-23-25-27-29-31-37-48(56)61-41-44(64-49(57)38-32-30-28-26-24-22-20-18-16-14-12-10-8-6-4-2)42-63-65(59,60)62-40-39-52-47(55)36-34-33-35-46-50-45(43-66-46)53-51(58)54-50;/h44-46,50H,3-43H2,1-2H3,(H,52,55)(H,59,60)(H2,53,54,58);1H3/t44-,45+,46+,50+;/m1./s1. The van der Waals surface area contributed by atoms with Crippen molar-refractivity contribution in [2.24, 2.45) is 0 Å². The summed E-state index contributed by atoms with van der Waals surface area (Å²) in [5, 5.41) is 8.91. The fourth-order valence-corrected chi connectivity index (χ4v) is 11.1. The smallest absolute Gasteiger partial charge is 0.315 e. The van der Waals surface area contributed by atoms with E-state index in [1.165, 1.54) is 141 Å². The summed E-state index contributed by atoms with van der Waals surface area (Å²) in [5.74, 6) is -0.230. The van der Waals surface area contributed by atoms with Crippen LogP contribution in [0.2, 0.25) is 0 Å². The van der Waals surface area contributed by atoms with Gasteiger partial charge in [-0.3, -0.25) is 18.9 Å². The van der Waals surface area contributed by atoms with E-state index in [2.05, 4.69) is 29.8 Å². The van der Waals surface area contributed by atoms with Crippen LogP contribution in [0.25, 0.3) is 0 Å². The number of rotatable bonds is 47. The molecule has 0 aliphatic carbocycles. The van der Waals surface area contributed by atoms with Crippen LogP contribution in [0.1, 0.15) is 245 Å². The van der Waals surface area contributed by atoms with E-state index < -0.39 is 32.5 Å². The van der Waals surface area contributed by atoms with Gasteiger partial charge in [0.2, 0.25) is 5.91 Å². The van der Waals surface area contributed by atoms with E-state index in [0.29, 0.717) is 30.9 Å². The van der Waals surface area contributed by atoms with Crippen molar-refractivity contribution in [3.63, 3.8) is 0 Å². The van der Waals surface area contributed by atoms with Gasteiger partial charge >= 0.3 is 18.0 Å². The van der Waals surface area contributed by atoms with Gasteiger partial charge in [0.15, 0.2) is 6.10 Å². The molecule has 0 saturated carbocycles. The van der Waals surface area contributed by atoms with E-state index in [0.717, 1.165) is 57.1 Å². The van der Waals surface area contributed by atoms with Gasteiger partial charge in [-0.05, 0) is 25.7 Å². The molecule has 0 spiro atoms. The number of phosphoric ester groups is 1. The highest BCUT2D eigenvalue weighted by Gasteiger charge is 2.42. The van der Waals surface area contributed by atoms with E-state index in [1.54, 1.807) is 0 Å². The zero-order valence-corrected chi connectivity index (χ0v) is 44.4. The van der Waals surface area contributed by atoms with Gasteiger partial charge in [-0.25, -0.2) is 4.79 Å². The first-order chi connectivity index (χ1) is 32.1. The lowest BCUT2D eigenvalue weighted by molar-refractivity contribution is -0.228. The molecule has 67 heavy (non-hydrogen) atoms. The fourth-order valence-electron chi connectivity index (χ4n) is 8.82. The van der Waals surface area contributed by atoms with Crippen LogP contribution in [-0.4, -0.2) is 79.4 Å². The topological polar surface area (TPSA) is 218 Å². The molecule has 5 atom stereocenters.